The Balaban J connectivity index is 1.71. The average Bonchev–Trinajstić information content (AvgIpc) is 3.10. The zero-order valence-electron chi connectivity index (χ0n) is 16.9. The van der Waals surface area contributed by atoms with Crippen molar-refractivity contribution in [2.45, 2.75) is 20.8 Å². The summed E-state index contributed by atoms with van der Waals surface area (Å²) < 4.78 is 7.00. The number of carbonyl (C=O) groups is 2. The Morgan fingerprint density at radius 1 is 1.07 bits per heavy atom. The van der Waals surface area contributed by atoms with Crippen LogP contribution < -0.4 is 5.32 Å². The van der Waals surface area contributed by atoms with Gasteiger partial charge in [-0.2, -0.15) is 0 Å². The maximum Gasteiger partial charge on any atom is 0.292 e. The van der Waals surface area contributed by atoms with Gasteiger partial charge in [0.1, 0.15) is 0 Å². The summed E-state index contributed by atoms with van der Waals surface area (Å²) in [5.74, 6) is -0.336. The van der Waals surface area contributed by atoms with Gasteiger partial charge in [0, 0.05) is 25.0 Å². The fourth-order valence-electron chi connectivity index (χ4n) is 3.82. The Labute approximate surface area is 169 Å². The number of nitrogens with zero attached hydrogens (tertiary/aromatic N) is 3. The number of hydrogen-bond acceptors (Lipinski definition) is 4. The van der Waals surface area contributed by atoms with Gasteiger partial charge in [-0.3, -0.25) is 14.0 Å². The van der Waals surface area contributed by atoms with Crippen LogP contribution in [0.3, 0.4) is 0 Å². The summed E-state index contributed by atoms with van der Waals surface area (Å²) in [5, 5.41) is 2.98. The third kappa shape index (κ3) is 3.61. The first-order chi connectivity index (χ1) is 14.0. The number of benzene rings is 1. The van der Waals surface area contributed by atoms with E-state index in [-0.39, 0.29) is 23.3 Å². The number of amides is 2. The Kier molecular flexibility index (Phi) is 5.07. The highest BCUT2D eigenvalue weighted by molar-refractivity contribution is 6.06. The molecule has 1 saturated heterocycles. The van der Waals surface area contributed by atoms with E-state index in [1.54, 1.807) is 21.6 Å². The van der Waals surface area contributed by atoms with Crippen LogP contribution in [-0.2, 0) is 4.74 Å². The normalized spacial score (nSPS) is 14.2. The molecule has 7 nitrogen and oxygen atoms in total. The average molecular weight is 392 g/mol. The molecule has 0 saturated carbocycles. The van der Waals surface area contributed by atoms with Crippen LogP contribution in [0, 0.1) is 20.8 Å². The Hall–Kier alpha value is -3.19. The van der Waals surface area contributed by atoms with Gasteiger partial charge in [-0.05, 0) is 44.0 Å². The molecule has 1 aromatic carbocycles. The monoisotopic (exact) mass is 392 g/mol. The molecule has 29 heavy (non-hydrogen) atoms. The van der Waals surface area contributed by atoms with Gasteiger partial charge in [-0.1, -0.05) is 23.8 Å². The number of aromatic nitrogens is 2. The van der Waals surface area contributed by atoms with E-state index in [9.17, 15) is 9.59 Å². The van der Waals surface area contributed by atoms with Crippen molar-refractivity contribution in [2.75, 3.05) is 31.6 Å². The highest BCUT2D eigenvalue weighted by Crippen LogP contribution is 2.23. The van der Waals surface area contributed by atoms with E-state index >= 15 is 0 Å². The number of aryl methyl sites for hydroxylation is 3. The molecule has 4 rings (SSSR count). The molecule has 7 heteroatoms. The molecule has 0 unspecified atom stereocenters. The second-order valence-corrected chi connectivity index (χ2v) is 7.37. The molecule has 3 aromatic rings. The van der Waals surface area contributed by atoms with Crippen molar-refractivity contribution < 1.29 is 14.3 Å². The van der Waals surface area contributed by atoms with Crippen LogP contribution in [0.4, 0.5) is 5.69 Å². The highest BCUT2D eigenvalue weighted by Gasteiger charge is 2.26. The molecule has 0 spiro atoms. The van der Waals surface area contributed by atoms with E-state index in [0.717, 1.165) is 22.4 Å². The van der Waals surface area contributed by atoms with E-state index in [0.29, 0.717) is 31.8 Å². The number of imidazole rings is 1. The molecule has 3 heterocycles. The molecule has 150 valence electrons. The zero-order valence-corrected chi connectivity index (χ0v) is 16.9. The Bertz CT molecular complexity index is 1070. The van der Waals surface area contributed by atoms with Crippen molar-refractivity contribution in [3.05, 3.63) is 64.7 Å². The van der Waals surface area contributed by atoms with Gasteiger partial charge in [0.05, 0.1) is 18.7 Å². The van der Waals surface area contributed by atoms with Gasteiger partial charge in [-0.15, -0.1) is 0 Å². The van der Waals surface area contributed by atoms with E-state index in [1.807, 2.05) is 45.0 Å². The van der Waals surface area contributed by atoms with Gasteiger partial charge in [0.25, 0.3) is 11.8 Å². The summed E-state index contributed by atoms with van der Waals surface area (Å²) >= 11 is 0. The standard InChI is InChI=1S/C22H24N4O3/c1-14-12-15(2)18(16(3)13-14)24-21(27)20-23-19(17-6-4-5-7-26(17)20)22(28)25-8-10-29-11-9-25/h4-7,12-13H,8-11H2,1-3H3,(H,24,27). The molecule has 0 bridgehead atoms. The molecular weight excluding hydrogens is 368 g/mol. The molecule has 1 N–H and O–H groups in total. The Morgan fingerprint density at radius 3 is 2.45 bits per heavy atom. The van der Waals surface area contributed by atoms with Crippen LogP contribution in [0.5, 0.6) is 0 Å². The lowest BCUT2D eigenvalue weighted by Gasteiger charge is -2.26. The predicted octanol–water partition coefficient (Wildman–Crippen LogP) is 2.98. The molecule has 2 amide bonds. The molecule has 0 radical (unpaired) electrons. The summed E-state index contributed by atoms with van der Waals surface area (Å²) in [4.78, 5) is 32.3. The highest BCUT2D eigenvalue weighted by atomic mass is 16.5. The SMILES string of the molecule is Cc1cc(C)c(NC(=O)c2nc(C(=O)N3CCOCC3)c3ccccn23)c(C)c1. The first-order valence-electron chi connectivity index (χ1n) is 9.69. The lowest BCUT2D eigenvalue weighted by Crippen LogP contribution is -2.40. The molecule has 1 aliphatic heterocycles. The number of anilines is 1. The smallest absolute Gasteiger partial charge is 0.292 e. The Morgan fingerprint density at radius 2 is 1.76 bits per heavy atom. The van der Waals surface area contributed by atoms with Crippen LogP contribution in [0.1, 0.15) is 37.8 Å². The van der Waals surface area contributed by atoms with E-state index in [2.05, 4.69) is 10.3 Å². The van der Waals surface area contributed by atoms with Gasteiger partial charge >= 0.3 is 0 Å². The second-order valence-electron chi connectivity index (χ2n) is 7.37. The topological polar surface area (TPSA) is 75.9 Å². The van der Waals surface area contributed by atoms with Crippen LogP contribution in [0.15, 0.2) is 36.5 Å². The number of hydrogen-bond donors (Lipinski definition) is 1. The minimum absolute atomic E-state index is 0.182. The fraction of sp³-hybridized carbons (Fsp3) is 0.318. The lowest BCUT2D eigenvalue weighted by atomic mass is 10.1. The lowest BCUT2D eigenvalue weighted by molar-refractivity contribution is 0.0300. The number of rotatable bonds is 3. The van der Waals surface area contributed by atoms with Gasteiger partial charge in [0.2, 0.25) is 5.82 Å². The van der Waals surface area contributed by atoms with E-state index < -0.39 is 0 Å². The summed E-state index contributed by atoms with van der Waals surface area (Å²) in [6, 6.07) is 9.51. The van der Waals surface area contributed by atoms with Crippen molar-refractivity contribution in [3.8, 4) is 0 Å². The maximum absolute atomic E-state index is 13.1. The number of nitrogens with one attached hydrogen (secondary N) is 1. The summed E-state index contributed by atoms with van der Waals surface area (Å²) in [6.07, 6.45) is 1.75. The predicted molar refractivity (Wildman–Crippen MR) is 111 cm³/mol. The van der Waals surface area contributed by atoms with Crippen molar-refractivity contribution >= 4 is 23.0 Å². The quantitative estimate of drug-likeness (QED) is 0.744. The van der Waals surface area contributed by atoms with E-state index in [4.69, 9.17) is 4.74 Å². The second kappa shape index (κ2) is 7.67. The molecule has 0 aliphatic carbocycles. The summed E-state index contributed by atoms with van der Waals surface area (Å²) in [7, 11) is 0. The molecule has 2 aromatic heterocycles. The number of pyridine rings is 1. The molecular formula is C22H24N4O3. The molecule has 1 fully saturated rings. The number of morpholine rings is 1. The number of carbonyl (C=O) groups excluding carboxylic acids is 2. The maximum atomic E-state index is 13.1. The van der Waals surface area contributed by atoms with Crippen molar-refractivity contribution in [1.82, 2.24) is 14.3 Å². The van der Waals surface area contributed by atoms with Gasteiger partial charge in [-0.25, -0.2) is 4.98 Å². The first kappa shape index (κ1) is 19.1. The van der Waals surface area contributed by atoms with Crippen LogP contribution in [0.25, 0.3) is 5.52 Å². The first-order valence-corrected chi connectivity index (χ1v) is 9.69. The fourth-order valence-corrected chi connectivity index (χ4v) is 3.82. The molecule has 0 atom stereocenters. The van der Waals surface area contributed by atoms with Crippen molar-refractivity contribution in [2.24, 2.45) is 0 Å². The van der Waals surface area contributed by atoms with Crippen molar-refractivity contribution in [3.63, 3.8) is 0 Å². The van der Waals surface area contributed by atoms with Crippen LogP contribution in [0.2, 0.25) is 0 Å². The minimum atomic E-state index is -0.345. The summed E-state index contributed by atoms with van der Waals surface area (Å²) in [5.41, 5.74) is 4.79. The van der Waals surface area contributed by atoms with Crippen LogP contribution in [-0.4, -0.2) is 52.4 Å². The zero-order chi connectivity index (χ0) is 20.5. The van der Waals surface area contributed by atoms with Crippen LogP contribution >= 0.6 is 0 Å². The van der Waals surface area contributed by atoms with E-state index in [1.165, 1.54) is 0 Å². The number of fused-ring (bicyclic) bond motifs is 1. The third-order valence-corrected chi connectivity index (χ3v) is 5.17. The largest absolute Gasteiger partial charge is 0.378 e. The van der Waals surface area contributed by atoms with Gasteiger partial charge in [0.15, 0.2) is 5.69 Å². The third-order valence-electron chi connectivity index (χ3n) is 5.17. The van der Waals surface area contributed by atoms with Gasteiger partial charge < -0.3 is 15.0 Å². The number of ether oxygens (including phenoxy) is 1. The summed E-state index contributed by atoms with van der Waals surface area (Å²) in [6.45, 7) is 8.02. The van der Waals surface area contributed by atoms with Crippen molar-refractivity contribution in [1.29, 1.82) is 0 Å². The molecule has 1 aliphatic rings. The minimum Gasteiger partial charge on any atom is -0.378 e.